The summed E-state index contributed by atoms with van der Waals surface area (Å²) >= 11 is 0. The average molecular weight is 181 g/mol. The van der Waals surface area contributed by atoms with Gasteiger partial charge in [-0.3, -0.25) is 0 Å². The Bertz CT molecular complexity index is 146. The maximum Gasteiger partial charge on any atom is 0.0658 e. The SMILES string of the molecule is C#CC(C)NCC(CC)CCCC. The summed E-state index contributed by atoms with van der Waals surface area (Å²) in [7, 11) is 0. The summed E-state index contributed by atoms with van der Waals surface area (Å²) in [6.45, 7) is 7.60. The Labute approximate surface area is 83.3 Å². The van der Waals surface area contributed by atoms with Crippen molar-refractivity contribution in [3.8, 4) is 12.3 Å². The minimum Gasteiger partial charge on any atom is -0.304 e. The molecule has 0 spiro atoms. The standard InChI is InChI=1S/C12H23N/c1-5-8-9-12(7-3)10-13-11(4)6-2/h2,11-13H,5,7-10H2,1,3-4H3. The van der Waals surface area contributed by atoms with Crippen molar-refractivity contribution in [2.75, 3.05) is 6.54 Å². The topological polar surface area (TPSA) is 12.0 Å². The van der Waals surface area contributed by atoms with Gasteiger partial charge in [-0.15, -0.1) is 6.42 Å². The van der Waals surface area contributed by atoms with Crippen LogP contribution in [0.25, 0.3) is 0 Å². The zero-order valence-electron chi connectivity index (χ0n) is 9.27. The van der Waals surface area contributed by atoms with Crippen LogP contribution < -0.4 is 5.32 Å². The number of rotatable bonds is 7. The molecule has 0 saturated heterocycles. The lowest BCUT2D eigenvalue weighted by Gasteiger charge is -2.16. The van der Waals surface area contributed by atoms with Gasteiger partial charge in [0.05, 0.1) is 6.04 Å². The van der Waals surface area contributed by atoms with Gasteiger partial charge in [0.2, 0.25) is 0 Å². The van der Waals surface area contributed by atoms with E-state index in [-0.39, 0.29) is 6.04 Å². The van der Waals surface area contributed by atoms with E-state index in [2.05, 4.69) is 25.1 Å². The van der Waals surface area contributed by atoms with Gasteiger partial charge in [-0.05, 0) is 25.8 Å². The van der Waals surface area contributed by atoms with Crippen molar-refractivity contribution in [2.24, 2.45) is 5.92 Å². The molecule has 0 aromatic rings. The lowest BCUT2D eigenvalue weighted by atomic mass is 9.99. The molecule has 0 amide bonds. The first-order valence-corrected chi connectivity index (χ1v) is 5.44. The number of hydrogen-bond donors (Lipinski definition) is 1. The summed E-state index contributed by atoms with van der Waals surface area (Å²) in [4.78, 5) is 0. The minimum absolute atomic E-state index is 0.218. The fourth-order valence-corrected chi connectivity index (χ4v) is 1.35. The molecule has 1 heteroatoms. The molecule has 0 rings (SSSR count). The van der Waals surface area contributed by atoms with E-state index in [1.54, 1.807) is 0 Å². The largest absolute Gasteiger partial charge is 0.304 e. The summed E-state index contributed by atoms with van der Waals surface area (Å²) in [6.07, 6.45) is 10.5. The highest BCUT2D eigenvalue weighted by Crippen LogP contribution is 2.11. The molecule has 0 heterocycles. The molecule has 1 N–H and O–H groups in total. The van der Waals surface area contributed by atoms with Crippen LogP contribution in [0.15, 0.2) is 0 Å². The fraction of sp³-hybridized carbons (Fsp3) is 0.833. The van der Waals surface area contributed by atoms with Gasteiger partial charge in [-0.25, -0.2) is 0 Å². The Kier molecular flexibility index (Phi) is 7.83. The van der Waals surface area contributed by atoms with Crippen LogP contribution in [0.3, 0.4) is 0 Å². The highest BCUT2D eigenvalue weighted by atomic mass is 14.9. The van der Waals surface area contributed by atoms with Crippen LogP contribution in [0, 0.1) is 18.3 Å². The highest BCUT2D eigenvalue weighted by Gasteiger charge is 2.06. The normalized spacial score (nSPS) is 14.9. The van der Waals surface area contributed by atoms with Crippen molar-refractivity contribution in [1.82, 2.24) is 5.32 Å². The number of hydrogen-bond acceptors (Lipinski definition) is 1. The van der Waals surface area contributed by atoms with Crippen molar-refractivity contribution >= 4 is 0 Å². The van der Waals surface area contributed by atoms with E-state index >= 15 is 0 Å². The number of unbranched alkanes of at least 4 members (excludes halogenated alkanes) is 1. The van der Waals surface area contributed by atoms with Crippen molar-refractivity contribution in [1.29, 1.82) is 0 Å². The quantitative estimate of drug-likeness (QED) is 0.596. The highest BCUT2D eigenvalue weighted by molar-refractivity contribution is 4.95. The minimum atomic E-state index is 0.218. The van der Waals surface area contributed by atoms with Gasteiger partial charge in [-0.2, -0.15) is 0 Å². The van der Waals surface area contributed by atoms with Crippen molar-refractivity contribution < 1.29 is 0 Å². The zero-order valence-corrected chi connectivity index (χ0v) is 9.27. The van der Waals surface area contributed by atoms with E-state index in [1.165, 1.54) is 25.7 Å². The maximum atomic E-state index is 5.29. The maximum absolute atomic E-state index is 5.29. The summed E-state index contributed by atoms with van der Waals surface area (Å²) in [5.41, 5.74) is 0. The first kappa shape index (κ1) is 12.5. The van der Waals surface area contributed by atoms with Gasteiger partial charge < -0.3 is 5.32 Å². The van der Waals surface area contributed by atoms with E-state index in [1.807, 2.05) is 6.92 Å². The third kappa shape index (κ3) is 6.66. The van der Waals surface area contributed by atoms with Crippen molar-refractivity contribution in [3.05, 3.63) is 0 Å². The van der Waals surface area contributed by atoms with Gasteiger partial charge in [0, 0.05) is 0 Å². The van der Waals surface area contributed by atoms with Crippen LogP contribution in [0.4, 0.5) is 0 Å². The molecule has 2 unspecified atom stereocenters. The summed E-state index contributed by atoms with van der Waals surface area (Å²) in [5.74, 6) is 3.49. The number of nitrogens with one attached hydrogen (secondary N) is 1. The Morgan fingerprint density at radius 1 is 1.38 bits per heavy atom. The van der Waals surface area contributed by atoms with Crippen LogP contribution in [0.1, 0.15) is 46.5 Å². The van der Waals surface area contributed by atoms with Gasteiger partial charge in [0.15, 0.2) is 0 Å². The molecule has 0 aliphatic rings. The smallest absolute Gasteiger partial charge is 0.0658 e. The van der Waals surface area contributed by atoms with Crippen LogP contribution >= 0.6 is 0 Å². The van der Waals surface area contributed by atoms with Crippen LogP contribution in [0.2, 0.25) is 0 Å². The summed E-state index contributed by atoms with van der Waals surface area (Å²) < 4.78 is 0. The second-order valence-electron chi connectivity index (χ2n) is 3.71. The Morgan fingerprint density at radius 2 is 2.08 bits per heavy atom. The molecule has 13 heavy (non-hydrogen) atoms. The van der Waals surface area contributed by atoms with Crippen LogP contribution in [-0.4, -0.2) is 12.6 Å². The number of terminal acetylenes is 1. The van der Waals surface area contributed by atoms with Crippen molar-refractivity contribution in [3.63, 3.8) is 0 Å². The molecule has 0 saturated carbocycles. The molecule has 0 aromatic carbocycles. The van der Waals surface area contributed by atoms with Crippen LogP contribution in [0.5, 0.6) is 0 Å². The molecule has 0 radical (unpaired) electrons. The lowest BCUT2D eigenvalue weighted by Crippen LogP contribution is -2.29. The van der Waals surface area contributed by atoms with E-state index in [0.717, 1.165) is 12.5 Å². The third-order valence-electron chi connectivity index (χ3n) is 2.51. The Morgan fingerprint density at radius 3 is 2.54 bits per heavy atom. The molecular formula is C12H23N. The predicted octanol–water partition coefficient (Wildman–Crippen LogP) is 2.81. The van der Waals surface area contributed by atoms with E-state index in [4.69, 9.17) is 6.42 Å². The van der Waals surface area contributed by atoms with Gasteiger partial charge in [0.25, 0.3) is 0 Å². The first-order chi connectivity index (χ1) is 6.24. The molecule has 0 aliphatic carbocycles. The van der Waals surface area contributed by atoms with Gasteiger partial charge >= 0.3 is 0 Å². The third-order valence-corrected chi connectivity index (χ3v) is 2.51. The summed E-state index contributed by atoms with van der Waals surface area (Å²) in [5, 5.41) is 3.36. The predicted molar refractivity (Wildman–Crippen MR) is 59.6 cm³/mol. The van der Waals surface area contributed by atoms with Gasteiger partial charge in [-0.1, -0.05) is 39.0 Å². The van der Waals surface area contributed by atoms with E-state index in [9.17, 15) is 0 Å². The first-order valence-electron chi connectivity index (χ1n) is 5.44. The molecule has 0 bridgehead atoms. The van der Waals surface area contributed by atoms with Crippen molar-refractivity contribution in [2.45, 2.75) is 52.5 Å². The molecule has 0 fully saturated rings. The molecule has 1 nitrogen and oxygen atoms in total. The average Bonchev–Trinajstić information content (AvgIpc) is 2.17. The molecule has 76 valence electrons. The zero-order chi connectivity index (χ0) is 10.1. The van der Waals surface area contributed by atoms with Gasteiger partial charge in [0.1, 0.15) is 0 Å². The molecule has 2 atom stereocenters. The second kappa shape index (κ2) is 8.13. The summed E-state index contributed by atoms with van der Waals surface area (Å²) in [6, 6.07) is 0.218. The molecule has 0 aliphatic heterocycles. The Balaban J connectivity index is 3.54. The molecular weight excluding hydrogens is 158 g/mol. The monoisotopic (exact) mass is 181 g/mol. The van der Waals surface area contributed by atoms with Crippen LogP contribution in [-0.2, 0) is 0 Å². The van der Waals surface area contributed by atoms with E-state index in [0.29, 0.717) is 0 Å². The van der Waals surface area contributed by atoms with E-state index < -0.39 is 0 Å². The lowest BCUT2D eigenvalue weighted by molar-refractivity contribution is 0.413. The molecule has 0 aromatic heterocycles. The fourth-order valence-electron chi connectivity index (χ4n) is 1.35. The second-order valence-corrected chi connectivity index (χ2v) is 3.71. The Hall–Kier alpha value is -0.480.